The van der Waals surface area contributed by atoms with Crippen LogP contribution in [0.2, 0.25) is 0 Å². The highest BCUT2D eigenvalue weighted by Gasteiger charge is 2.23. The maximum Gasteiger partial charge on any atom is 0.315 e. The Kier molecular flexibility index (Phi) is 6.88. The second-order valence-electron chi connectivity index (χ2n) is 4.95. The highest BCUT2D eigenvalue weighted by molar-refractivity contribution is 5.96. The zero-order chi connectivity index (χ0) is 15.8. The van der Waals surface area contributed by atoms with Crippen molar-refractivity contribution in [1.82, 2.24) is 10.2 Å². The summed E-state index contributed by atoms with van der Waals surface area (Å²) in [5, 5.41) is 11.6. The SMILES string of the molecule is CCN(CC)C(CNC(=O)C(C)C(=O)O)c1ccccc1. The van der Waals surface area contributed by atoms with Gasteiger partial charge in [-0.05, 0) is 25.6 Å². The topological polar surface area (TPSA) is 69.6 Å². The van der Waals surface area contributed by atoms with Gasteiger partial charge in [-0.1, -0.05) is 44.2 Å². The molecule has 21 heavy (non-hydrogen) atoms. The molecule has 0 heterocycles. The summed E-state index contributed by atoms with van der Waals surface area (Å²) in [7, 11) is 0. The summed E-state index contributed by atoms with van der Waals surface area (Å²) in [6, 6.07) is 9.98. The first-order valence-electron chi connectivity index (χ1n) is 7.30. The van der Waals surface area contributed by atoms with Gasteiger partial charge in [0.1, 0.15) is 5.92 Å². The molecular weight excluding hydrogens is 268 g/mol. The Hall–Kier alpha value is -1.88. The Balaban J connectivity index is 2.79. The van der Waals surface area contributed by atoms with Crippen LogP contribution in [-0.4, -0.2) is 41.5 Å². The van der Waals surface area contributed by atoms with Gasteiger partial charge in [0.2, 0.25) is 5.91 Å². The number of hydrogen-bond donors (Lipinski definition) is 2. The third kappa shape index (κ3) is 4.86. The molecule has 0 aromatic heterocycles. The number of rotatable bonds is 8. The van der Waals surface area contributed by atoms with Crippen molar-refractivity contribution < 1.29 is 14.7 Å². The van der Waals surface area contributed by atoms with Crippen molar-refractivity contribution in [2.45, 2.75) is 26.8 Å². The van der Waals surface area contributed by atoms with Crippen molar-refractivity contribution in [3.8, 4) is 0 Å². The van der Waals surface area contributed by atoms with Gasteiger partial charge in [-0.15, -0.1) is 0 Å². The van der Waals surface area contributed by atoms with Crippen LogP contribution >= 0.6 is 0 Å². The minimum atomic E-state index is -1.10. The fraction of sp³-hybridized carbons (Fsp3) is 0.500. The van der Waals surface area contributed by atoms with Gasteiger partial charge in [0.25, 0.3) is 0 Å². The number of nitrogens with zero attached hydrogens (tertiary/aromatic N) is 1. The first-order valence-corrected chi connectivity index (χ1v) is 7.30. The molecule has 0 spiro atoms. The van der Waals surface area contributed by atoms with Crippen LogP contribution in [0.1, 0.15) is 32.4 Å². The van der Waals surface area contributed by atoms with E-state index in [1.165, 1.54) is 6.92 Å². The van der Waals surface area contributed by atoms with Crippen molar-refractivity contribution in [3.05, 3.63) is 35.9 Å². The molecule has 116 valence electrons. The predicted octanol–water partition coefficient (Wildman–Crippen LogP) is 1.91. The van der Waals surface area contributed by atoms with Crippen LogP contribution in [0.15, 0.2) is 30.3 Å². The maximum absolute atomic E-state index is 11.8. The van der Waals surface area contributed by atoms with Crippen LogP contribution < -0.4 is 5.32 Å². The maximum atomic E-state index is 11.8. The van der Waals surface area contributed by atoms with Crippen molar-refractivity contribution >= 4 is 11.9 Å². The van der Waals surface area contributed by atoms with E-state index < -0.39 is 17.8 Å². The van der Waals surface area contributed by atoms with Crippen LogP contribution in [0.3, 0.4) is 0 Å². The molecule has 1 aromatic rings. The van der Waals surface area contributed by atoms with Crippen molar-refractivity contribution in [1.29, 1.82) is 0 Å². The van der Waals surface area contributed by atoms with E-state index >= 15 is 0 Å². The summed E-state index contributed by atoms with van der Waals surface area (Å²) in [6.45, 7) is 7.66. The number of amides is 1. The molecule has 0 saturated heterocycles. The molecular formula is C16H24N2O3. The third-order valence-corrected chi connectivity index (χ3v) is 3.67. The average Bonchev–Trinajstić information content (AvgIpc) is 2.51. The third-order valence-electron chi connectivity index (χ3n) is 3.67. The van der Waals surface area contributed by atoms with Crippen molar-refractivity contribution in [2.75, 3.05) is 19.6 Å². The highest BCUT2D eigenvalue weighted by Crippen LogP contribution is 2.19. The smallest absolute Gasteiger partial charge is 0.315 e. The van der Waals surface area contributed by atoms with Gasteiger partial charge in [-0.25, -0.2) is 0 Å². The molecule has 5 nitrogen and oxygen atoms in total. The van der Waals surface area contributed by atoms with E-state index in [2.05, 4.69) is 24.1 Å². The fourth-order valence-electron chi connectivity index (χ4n) is 2.26. The van der Waals surface area contributed by atoms with E-state index in [0.717, 1.165) is 18.7 Å². The largest absolute Gasteiger partial charge is 0.481 e. The lowest BCUT2D eigenvalue weighted by atomic mass is 10.0. The van der Waals surface area contributed by atoms with Crippen LogP contribution in [0, 0.1) is 5.92 Å². The van der Waals surface area contributed by atoms with Gasteiger partial charge in [0, 0.05) is 6.54 Å². The summed E-state index contributed by atoms with van der Waals surface area (Å²) in [5.41, 5.74) is 1.12. The molecule has 1 amide bonds. The number of carboxylic acid groups (broad SMARTS) is 1. The van der Waals surface area contributed by atoms with E-state index in [9.17, 15) is 9.59 Å². The molecule has 1 aromatic carbocycles. The van der Waals surface area contributed by atoms with E-state index in [0.29, 0.717) is 6.54 Å². The van der Waals surface area contributed by atoms with Crippen molar-refractivity contribution in [3.63, 3.8) is 0 Å². The van der Waals surface area contributed by atoms with Crippen LogP contribution in [0.4, 0.5) is 0 Å². The summed E-state index contributed by atoms with van der Waals surface area (Å²) in [5.74, 6) is -2.58. The number of carboxylic acids is 1. The lowest BCUT2D eigenvalue weighted by molar-refractivity contribution is -0.146. The van der Waals surface area contributed by atoms with E-state index in [4.69, 9.17) is 5.11 Å². The first kappa shape index (κ1) is 17.2. The fourth-order valence-corrected chi connectivity index (χ4v) is 2.26. The summed E-state index contributed by atoms with van der Waals surface area (Å²) >= 11 is 0. The minimum Gasteiger partial charge on any atom is -0.481 e. The Morgan fingerprint density at radius 1 is 1.19 bits per heavy atom. The molecule has 0 aliphatic carbocycles. The molecule has 0 bridgehead atoms. The number of carbonyl (C=O) groups excluding carboxylic acids is 1. The van der Waals surface area contributed by atoms with E-state index in [-0.39, 0.29) is 6.04 Å². The number of hydrogen-bond acceptors (Lipinski definition) is 3. The van der Waals surface area contributed by atoms with Gasteiger partial charge in [0.15, 0.2) is 0 Å². The summed E-state index contributed by atoms with van der Waals surface area (Å²) < 4.78 is 0. The molecule has 0 saturated carbocycles. The number of nitrogens with one attached hydrogen (secondary N) is 1. The highest BCUT2D eigenvalue weighted by atomic mass is 16.4. The normalized spacial score (nSPS) is 13.7. The molecule has 2 atom stereocenters. The van der Waals surface area contributed by atoms with Gasteiger partial charge in [0.05, 0.1) is 6.04 Å². The number of benzene rings is 1. The predicted molar refractivity (Wildman–Crippen MR) is 81.9 cm³/mol. The zero-order valence-corrected chi connectivity index (χ0v) is 12.9. The first-order chi connectivity index (χ1) is 10.0. The standard InChI is InChI=1S/C16H24N2O3/c1-4-18(5-2)14(13-9-7-6-8-10-13)11-17-15(19)12(3)16(20)21/h6-10,12,14H,4-5,11H2,1-3H3,(H,17,19)(H,20,21). The number of aliphatic carboxylic acids is 1. The summed E-state index contributed by atoms with van der Waals surface area (Å²) in [6.07, 6.45) is 0. The monoisotopic (exact) mass is 292 g/mol. The minimum absolute atomic E-state index is 0.0474. The average molecular weight is 292 g/mol. The van der Waals surface area contributed by atoms with Gasteiger partial charge < -0.3 is 10.4 Å². The molecule has 0 aliphatic rings. The van der Waals surface area contributed by atoms with Gasteiger partial charge in [-0.2, -0.15) is 0 Å². The quantitative estimate of drug-likeness (QED) is 0.718. The molecule has 0 radical (unpaired) electrons. The number of likely N-dealkylation sites (N-methyl/N-ethyl adjacent to an activating group) is 1. The molecule has 5 heteroatoms. The van der Waals surface area contributed by atoms with Crippen LogP contribution in [-0.2, 0) is 9.59 Å². The molecule has 0 fully saturated rings. The molecule has 1 rings (SSSR count). The summed E-state index contributed by atoms with van der Waals surface area (Å²) in [4.78, 5) is 24.9. The number of carbonyl (C=O) groups is 2. The Morgan fingerprint density at radius 2 is 1.76 bits per heavy atom. The lowest BCUT2D eigenvalue weighted by Gasteiger charge is -2.30. The van der Waals surface area contributed by atoms with E-state index in [1.54, 1.807) is 0 Å². The molecule has 0 aliphatic heterocycles. The Morgan fingerprint density at radius 3 is 2.24 bits per heavy atom. The Labute approximate surface area is 126 Å². The van der Waals surface area contributed by atoms with Crippen molar-refractivity contribution in [2.24, 2.45) is 5.92 Å². The lowest BCUT2D eigenvalue weighted by Crippen LogP contribution is -2.41. The molecule has 2 unspecified atom stereocenters. The molecule has 2 N–H and O–H groups in total. The zero-order valence-electron chi connectivity index (χ0n) is 12.9. The van der Waals surface area contributed by atoms with E-state index in [1.807, 2.05) is 30.3 Å². The Bertz CT molecular complexity index is 458. The second kappa shape index (κ2) is 8.42. The van der Waals surface area contributed by atoms with Crippen LogP contribution in [0.25, 0.3) is 0 Å². The van der Waals surface area contributed by atoms with Crippen LogP contribution in [0.5, 0.6) is 0 Å². The second-order valence-corrected chi connectivity index (χ2v) is 4.95. The van der Waals surface area contributed by atoms with Gasteiger partial charge in [-0.3, -0.25) is 14.5 Å². The van der Waals surface area contributed by atoms with Gasteiger partial charge >= 0.3 is 5.97 Å².